The molecule has 9 heteroatoms. The first-order chi connectivity index (χ1) is 12.6. The van der Waals surface area contributed by atoms with Crippen LogP contribution < -0.4 is 5.32 Å². The van der Waals surface area contributed by atoms with Crippen LogP contribution in [0.25, 0.3) is 11.3 Å². The van der Waals surface area contributed by atoms with Crippen molar-refractivity contribution in [1.29, 1.82) is 10.5 Å². The van der Waals surface area contributed by atoms with Crippen molar-refractivity contribution in [3.63, 3.8) is 0 Å². The smallest absolute Gasteiger partial charge is 0.256 e. The summed E-state index contributed by atoms with van der Waals surface area (Å²) in [5.74, 6) is -0.789. The van der Waals surface area contributed by atoms with Gasteiger partial charge in [-0.05, 0) is 18.2 Å². The van der Waals surface area contributed by atoms with E-state index in [-0.39, 0.29) is 24.5 Å². The second-order valence-electron chi connectivity index (χ2n) is 5.52. The van der Waals surface area contributed by atoms with Crippen molar-refractivity contribution in [1.82, 2.24) is 14.9 Å². The molecule has 0 bridgehead atoms. The number of nitrogens with one attached hydrogen (secondary N) is 1. The molecule has 1 atom stereocenters. The standard InChI is InChI=1S/C17H13FN6O2/c18-13-4-11(7-19)3-12(5-13)14-6-16(22-10-21-14)23-17(25)15-8-24(9-20)1-2-26-15/h3-6,10,15H,1-2,8H2,(H,21,22,23,25)/t15-/m1/s1. The lowest BCUT2D eigenvalue weighted by Crippen LogP contribution is -2.46. The first-order valence-corrected chi connectivity index (χ1v) is 7.69. The van der Waals surface area contributed by atoms with E-state index < -0.39 is 17.8 Å². The summed E-state index contributed by atoms with van der Waals surface area (Å²) in [6, 6.07) is 7.20. The minimum atomic E-state index is -0.791. The number of benzene rings is 1. The van der Waals surface area contributed by atoms with Gasteiger partial charge in [0.2, 0.25) is 0 Å². The Kier molecular flexibility index (Phi) is 5.02. The molecular formula is C17H13FN6O2. The molecule has 1 amide bonds. The summed E-state index contributed by atoms with van der Waals surface area (Å²) in [7, 11) is 0. The highest BCUT2D eigenvalue weighted by Gasteiger charge is 2.26. The Hall–Kier alpha value is -3.56. The molecule has 130 valence electrons. The normalized spacial score (nSPS) is 16.4. The Morgan fingerprint density at radius 2 is 2.15 bits per heavy atom. The van der Waals surface area contributed by atoms with Crippen LogP contribution in [-0.2, 0) is 9.53 Å². The minimum Gasteiger partial charge on any atom is -0.365 e. The maximum absolute atomic E-state index is 13.6. The van der Waals surface area contributed by atoms with Crippen molar-refractivity contribution in [2.24, 2.45) is 0 Å². The number of amides is 1. The average molecular weight is 352 g/mol. The summed E-state index contributed by atoms with van der Waals surface area (Å²) in [6.07, 6.45) is 2.42. The third-order valence-corrected chi connectivity index (χ3v) is 3.74. The summed E-state index contributed by atoms with van der Waals surface area (Å²) in [6.45, 7) is 0.884. The number of nitriles is 2. The molecule has 0 unspecified atom stereocenters. The second kappa shape index (κ2) is 7.55. The first kappa shape index (κ1) is 17.3. The second-order valence-corrected chi connectivity index (χ2v) is 5.52. The molecule has 1 aromatic heterocycles. The van der Waals surface area contributed by atoms with Gasteiger partial charge < -0.3 is 15.0 Å². The topological polar surface area (TPSA) is 115 Å². The number of halogens is 1. The Bertz CT molecular complexity index is 920. The number of carbonyl (C=O) groups excluding carboxylic acids is 1. The quantitative estimate of drug-likeness (QED) is 0.827. The van der Waals surface area contributed by atoms with Crippen LogP contribution in [0.2, 0.25) is 0 Å². The van der Waals surface area contributed by atoms with E-state index in [0.29, 0.717) is 17.8 Å². The van der Waals surface area contributed by atoms with Crippen LogP contribution in [0.15, 0.2) is 30.6 Å². The maximum atomic E-state index is 13.6. The zero-order chi connectivity index (χ0) is 18.5. The fourth-order valence-electron chi connectivity index (χ4n) is 2.49. The van der Waals surface area contributed by atoms with Gasteiger partial charge in [0.15, 0.2) is 12.3 Å². The number of hydrogen-bond acceptors (Lipinski definition) is 7. The van der Waals surface area contributed by atoms with Crippen LogP contribution in [-0.4, -0.2) is 46.6 Å². The molecule has 0 saturated carbocycles. The summed E-state index contributed by atoms with van der Waals surface area (Å²) in [5.41, 5.74) is 0.912. The van der Waals surface area contributed by atoms with E-state index in [9.17, 15) is 9.18 Å². The lowest BCUT2D eigenvalue weighted by molar-refractivity contribution is -0.131. The molecule has 0 radical (unpaired) electrons. The monoisotopic (exact) mass is 352 g/mol. The fraction of sp³-hybridized carbons (Fsp3) is 0.235. The first-order valence-electron chi connectivity index (χ1n) is 7.69. The Morgan fingerprint density at radius 3 is 2.92 bits per heavy atom. The number of nitrogens with zero attached hydrogens (tertiary/aromatic N) is 5. The number of carbonyl (C=O) groups is 1. The molecular weight excluding hydrogens is 339 g/mol. The molecule has 1 aliphatic heterocycles. The number of morpholine rings is 1. The largest absolute Gasteiger partial charge is 0.365 e. The van der Waals surface area contributed by atoms with Crippen LogP contribution in [0, 0.1) is 28.6 Å². The van der Waals surface area contributed by atoms with Gasteiger partial charge in [-0.1, -0.05) is 0 Å². The van der Waals surface area contributed by atoms with E-state index in [4.69, 9.17) is 15.3 Å². The average Bonchev–Trinajstić information content (AvgIpc) is 2.67. The van der Waals surface area contributed by atoms with Crippen molar-refractivity contribution < 1.29 is 13.9 Å². The van der Waals surface area contributed by atoms with E-state index in [1.165, 1.54) is 29.4 Å². The molecule has 2 heterocycles. The van der Waals surface area contributed by atoms with E-state index >= 15 is 0 Å². The molecule has 1 aromatic carbocycles. The Labute approximate surface area is 148 Å². The Balaban J connectivity index is 1.78. The SMILES string of the molecule is N#Cc1cc(F)cc(-c2cc(NC(=O)[C@H]3CN(C#N)CCO3)ncn2)c1. The number of aromatic nitrogens is 2. The fourth-order valence-corrected chi connectivity index (χ4v) is 2.49. The number of rotatable bonds is 3. The maximum Gasteiger partial charge on any atom is 0.256 e. The molecule has 0 aliphatic carbocycles. The van der Waals surface area contributed by atoms with E-state index in [1.807, 2.05) is 12.3 Å². The molecule has 0 spiro atoms. The highest BCUT2D eigenvalue weighted by Crippen LogP contribution is 2.21. The van der Waals surface area contributed by atoms with Crippen molar-refractivity contribution >= 4 is 11.7 Å². The Morgan fingerprint density at radius 1 is 1.31 bits per heavy atom. The predicted molar refractivity (Wildman–Crippen MR) is 87.7 cm³/mol. The van der Waals surface area contributed by atoms with Crippen LogP contribution in [0.1, 0.15) is 5.56 Å². The third-order valence-electron chi connectivity index (χ3n) is 3.74. The van der Waals surface area contributed by atoms with Gasteiger partial charge in [0.25, 0.3) is 5.91 Å². The molecule has 1 saturated heterocycles. The van der Waals surface area contributed by atoms with Crippen molar-refractivity contribution in [2.45, 2.75) is 6.10 Å². The lowest BCUT2D eigenvalue weighted by Gasteiger charge is -2.28. The zero-order valence-electron chi connectivity index (χ0n) is 13.5. The van der Waals surface area contributed by atoms with Crippen LogP contribution in [0.5, 0.6) is 0 Å². The molecule has 3 rings (SSSR count). The molecule has 2 aromatic rings. The molecule has 26 heavy (non-hydrogen) atoms. The zero-order valence-corrected chi connectivity index (χ0v) is 13.5. The number of ether oxygens (including phenoxy) is 1. The van der Waals surface area contributed by atoms with Crippen molar-refractivity contribution in [3.8, 4) is 23.5 Å². The lowest BCUT2D eigenvalue weighted by atomic mass is 10.1. The van der Waals surface area contributed by atoms with E-state index in [1.54, 1.807) is 0 Å². The van der Waals surface area contributed by atoms with Gasteiger partial charge >= 0.3 is 0 Å². The number of hydrogen-bond donors (Lipinski definition) is 1. The third kappa shape index (κ3) is 3.91. The van der Waals surface area contributed by atoms with E-state index in [0.717, 1.165) is 6.07 Å². The van der Waals surface area contributed by atoms with E-state index in [2.05, 4.69) is 15.3 Å². The molecule has 8 nitrogen and oxygen atoms in total. The summed E-state index contributed by atoms with van der Waals surface area (Å²) in [4.78, 5) is 21.8. The summed E-state index contributed by atoms with van der Waals surface area (Å²) < 4.78 is 19.0. The summed E-state index contributed by atoms with van der Waals surface area (Å²) >= 11 is 0. The predicted octanol–water partition coefficient (Wildman–Crippen LogP) is 1.27. The minimum absolute atomic E-state index is 0.162. The van der Waals surface area contributed by atoms with Gasteiger partial charge in [-0.2, -0.15) is 10.5 Å². The van der Waals surface area contributed by atoms with Gasteiger partial charge in [-0.15, -0.1) is 0 Å². The van der Waals surface area contributed by atoms with Gasteiger partial charge in [0, 0.05) is 11.6 Å². The van der Waals surface area contributed by atoms with Crippen LogP contribution in [0.3, 0.4) is 0 Å². The number of anilines is 1. The van der Waals surface area contributed by atoms with Crippen LogP contribution in [0.4, 0.5) is 10.2 Å². The van der Waals surface area contributed by atoms with Crippen molar-refractivity contribution in [3.05, 3.63) is 42.0 Å². The van der Waals surface area contributed by atoms with Gasteiger partial charge in [-0.3, -0.25) is 4.79 Å². The van der Waals surface area contributed by atoms with Gasteiger partial charge in [-0.25, -0.2) is 14.4 Å². The molecule has 1 fully saturated rings. The molecule has 1 N–H and O–H groups in total. The van der Waals surface area contributed by atoms with Crippen molar-refractivity contribution in [2.75, 3.05) is 25.0 Å². The highest BCUT2D eigenvalue weighted by molar-refractivity contribution is 5.94. The van der Waals surface area contributed by atoms with Crippen LogP contribution >= 0.6 is 0 Å². The summed E-state index contributed by atoms with van der Waals surface area (Å²) in [5, 5.41) is 20.5. The van der Waals surface area contributed by atoms with Gasteiger partial charge in [0.05, 0.1) is 37.0 Å². The molecule has 1 aliphatic rings. The van der Waals surface area contributed by atoms with Gasteiger partial charge in [0.1, 0.15) is 18.0 Å². The highest BCUT2D eigenvalue weighted by atomic mass is 19.1.